The van der Waals surface area contributed by atoms with Gasteiger partial charge in [0.05, 0.1) is 0 Å². The first-order valence-electron chi connectivity index (χ1n) is 4.88. The first kappa shape index (κ1) is 11.8. The van der Waals surface area contributed by atoms with Gasteiger partial charge in [0.2, 0.25) is 0 Å². The third-order valence-corrected chi connectivity index (χ3v) is 3.03. The van der Waals surface area contributed by atoms with Gasteiger partial charge in [-0.1, -0.05) is 0 Å². The number of aliphatic hydroxyl groups is 1. The maximum absolute atomic E-state index is 12.4. The van der Waals surface area contributed by atoms with Gasteiger partial charge in [0.25, 0.3) is 0 Å². The molecule has 0 bridgehead atoms. The Morgan fingerprint density at radius 2 is 1.79 bits per heavy atom. The molecular weight excluding hydrogens is 195 g/mol. The molecule has 0 aromatic heterocycles. The average Bonchev–Trinajstić information content (AvgIpc) is 2.08. The summed E-state index contributed by atoms with van der Waals surface area (Å²) < 4.78 is 37.1. The van der Waals surface area contributed by atoms with Crippen molar-refractivity contribution in [2.45, 2.75) is 43.9 Å². The monoisotopic (exact) mass is 211 g/mol. The fourth-order valence-corrected chi connectivity index (χ4v) is 1.96. The van der Waals surface area contributed by atoms with Crippen LogP contribution in [0.3, 0.4) is 0 Å². The van der Waals surface area contributed by atoms with Crippen molar-refractivity contribution >= 4 is 0 Å². The number of hydrogen-bond donors (Lipinski definition) is 2. The minimum atomic E-state index is -4.49. The number of nitrogens with two attached hydrogens (primary N) is 1. The molecule has 84 valence electrons. The molecule has 1 saturated carbocycles. The van der Waals surface area contributed by atoms with Crippen molar-refractivity contribution in [2.75, 3.05) is 6.54 Å². The largest absolute Gasteiger partial charge is 0.417 e. The quantitative estimate of drug-likeness (QED) is 0.731. The van der Waals surface area contributed by atoms with Crippen molar-refractivity contribution in [3.63, 3.8) is 0 Å². The van der Waals surface area contributed by atoms with Crippen LogP contribution in [0.1, 0.15) is 32.1 Å². The van der Waals surface area contributed by atoms with E-state index in [9.17, 15) is 18.3 Å². The Kier molecular flexibility index (Phi) is 3.42. The molecule has 0 unspecified atom stereocenters. The molecule has 0 aliphatic heterocycles. The van der Waals surface area contributed by atoms with Crippen LogP contribution in [0.15, 0.2) is 0 Å². The summed E-state index contributed by atoms with van der Waals surface area (Å²) in [6.07, 6.45) is -3.24. The molecule has 0 heterocycles. The zero-order chi connectivity index (χ0) is 10.8. The molecule has 0 atom stereocenters. The molecule has 1 rings (SSSR count). The molecule has 14 heavy (non-hydrogen) atoms. The Morgan fingerprint density at radius 1 is 1.29 bits per heavy atom. The van der Waals surface area contributed by atoms with E-state index in [1.54, 1.807) is 0 Å². The van der Waals surface area contributed by atoms with Crippen molar-refractivity contribution in [2.24, 2.45) is 11.7 Å². The smallest absolute Gasteiger partial charge is 0.380 e. The molecule has 1 aliphatic rings. The van der Waals surface area contributed by atoms with Crippen LogP contribution < -0.4 is 5.73 Å². The second-order valence-electron chi connectivity index (χ2n) is 4.05. The highest BCUT2D eigenvalue weighted by Gasteiger charge is 2.54. The van der Waals surface area contributed by atoms with Crippen molar-refractivity contribution < 1.29 is 18.3 Å². The molecule has 2 nitrogen and oxygen atoms in total. The summed E-state index contributed by atoms with van der Waals surface area (Å²) >= 11 is 0. The van der Waals surface area contributed by atoms with Gasteiger partial charge in [-0.2, -0.15) is 13.2 Å². The second kappa shape index (κ2) is 4.06. The molecule has 0 amide bonds. The SMILES string of the molecule is NCCC1CCC(O)(C(F)(F)F)CC1. The van der Waals surface area contributed by atoms with Crippen LogP contribution in [0.25, 0.3) is 0 Å². The Hall–Kier alpha value is -0.290. The highest BCUT2D eigenvalue weighted by Crippen LogP contribution is 2.43. The number of halogens is 3. The van der Waals surface area contributed by atoms with E-state index in [2.05, 4.69) is 0 Å². The molecule has 1 fully saturated rings. The van der Waals surface area contributed by atoms with Crippen LogP contribution in [0, 0.1) is 5.92 Å². The van der Waals surface area contributed by atoms with Crippen molar-refractivity contribution in [3.05, 3.63) is 0 Å². The van der Waals surface area contributed by atoms with Crippen molar-refractivity contribution in [3.8, 4) is 0 Å². The highest BCUT2D eigenvalue weighted by atomic mass is 19.4. The summed E-state index contributed by atoms with van der Waals surface area (Å²) in [6, 6.07) is 0. The van der Waals surface area contributed by atoms with Gasteiger partial charge in [-0.05, 0) is 44.6 Å². The summed E-state index contributed by atoms with van der Waals surface area (Å²) in [6.45, 7) is 0.509. The summed E-state index contributed by atoms with van der Waals surface area (Å²) in [5.74, 6) is 0.252. The van der Waals surface area contributed by atoms with E-state index in [1.165, 1.54) is 0 Å². The summed E-state index contributed by atoms with van der Waals surface area (Å²) in [4.78, 5) is 0. The minimum Gasteiger partial charge on any atom is -0.380 e. The molecule has 3 N–H and O–H groups in total. The summed E-state index contributed by atoms with van der Waals surface area (Å²) in [5, 5.41) is 9.34. The third-order valence-electron chi connectivity index (χ3n) is 3.03. The van der Waals surface area contributed by atoms with Gasteiger partial charge in [-0.3, -0.25) is 0 Å². The van der Waals surface area contributed by atoms with Crippen LogP contribution in [0.4, 0.5) is 13.2 Å². The van der Waals surface area contributed by atoms with Crippen LogP contribution >= 0.6 is 0 Å². The average molecular weight is 211 g/mol. The van der Waals surface area contributed by atoms with Gasteiger partial charge in [0.15, 0.2) is 5.60 Å². The van der Waals surface area contributed by atoms with Crippen LogP contribution in [-0.2, 0) is 0 Å². The van der Waals surface area contributed by atoms with E-state index in [0.29, 0.717) is 19.4 Å². The van der Waals surface area contributed by atoms with Gasteiger partial charge in [0, 0.05) is 0 Å². The predicted octanol–water partition coefficient (Wildman–Crippen LogP) is 1.82. The van der Waals surface area contributed by atoms with Crippen LogP contribution in [0.2, 0.25) is 0 Å². The zero-order valence-corrected chi connectivity index (χ0v) is 7.98. The Morgan fingerprint density at radius 3 is 2.14 bits per heavy atom. The molecule has 0 saturated heterocycles. The highest BCUT2D eigenvalue weighted by molar-refractivity contribution is 4.91. The van der Waals surface area contributed by atoms with Crippen LogP contribution in [-0.4, -0.2) is 23.4 Å². The number of alkyl halides is 3. The maximum Gasteiger partial charge on any atom is 0.417 e. The van der Waals surface area contributed by atoms with Gasteiger partial charge in [-0.25, -0.2) is 0 Å². The maximum atomic E-state index is 12.4. The molecule has 0 aromatic rings. The number of rotatable bonds is 2. The van der Waals surface area contributed by atoms with E-state index < -0.39 is 11.8 Å². The lowest BCUT2D eigenvalue weighted by Crippen LogP contribution is -2.47. The Balaban J connectivity index is 2.49. The summed E-state index contributed by atoms with van der Waals surface area (Å²) in [5.41, 5.74) is 2.88. The first-order chi connectivity index (χ1) is 6.39. The number of hydrogen-bond acceptors (Lipinski definition) is 2. The van der Waals surface area contributed by atoms with Gasteiger partial charge in [-0.15, -0.1) is 0 Å². The fraction of sp³-hybridized carbons (Fsp3) is 1.00. The molecule has 0 radical (unpaired) electrons. The van der Waals surface area contributed by atoms with E-state index in [4.69, 9.17) is 5.73 Å². The van der Waals surface area contributed by atoms with E-state index in [1.807, 2.05) is 0 Å². The zero-order valence-electron chi connectivity index (χ0n) is 7.98. The second-order valence-corrected chi connectivity index (χ2v) is 4.05. The topological polar surface area (TPSA) is 46.2 Å². The third kappa shape index (κ3) is 2.39. The van der Waals surface area contributed by atoms with Gasteiger partial charge in [0.1, 0.15) is 0 Å². The van der Waals surface area contributed by atoms with E-state index in [0.717, 1.165) is 6.42 Å². The first-order valence-corrected chi connectivity index (χ1v) is 4.88. The Bertz CT molecular complexity index is 185. The normalized spacial score (nSPS) is 34.5. The molecular formula is C9H16F3NO. The molecule has 0 aromatic carbocycles. The van der Waals surface area contributed by atoms with E-state index >= 15 is 0 Å². The standard InChI is InChI=1S/C9H16F3NO/c10-9(11,12)8(14)4-1-7(2-5-8)3-6-13/h7,14H,1-6,13H2. The summed E-state index contributed by atoms with van der Waals surface area (Å²) in [7, 11) is 0. The Labute approximate surface area is 81.3 Å². The predicted molar refractivity (Wildman–Crippen MR) is 46.6 cm³/mol. The minimum absolute atomic E-state index is 0.179. The molecule has 0 spiro atoms. The van der Waals surface area contributed by atoms with Crippen molar-refractivity contribution in [1.82, 2.24) is 0 Å². The van der Waals surface area contributed by atoms with Crippen LogP contribution in [0.5, 0.6) is 0 Å². The lowest BCUT2D eigenvalue weighted by Gasteiger charge is -2.37. The van der Waals surface area contributed by atoms with E-state index in [-0.39, 0.29) is 18.8 Å². The molecule has 5 heteroatoms. The fourth-order valence-electron chi connectivity index (χ4n) is 1.96. The lowest BCUT2D eigenvalue weighted by atomic mass is 9.77. The van der Waals surface area contributed by atoms with Gasteiger partial charge >= 0.3 is 6.18 Å². The molecule has 1 aliphatic carbocycles. The van der Waals surface area contributed by atoms with Crippen molar-refractivity contribution in [1.29, 1.82) is 0 Å². The lowest BCUT2D eigenvalue weighted by molar-refractivity contribution is -0.272. The van der Waals surface area contributed by atoms with Gasteiger partial charge < -0.3 is 10.8 Å².